The average molecular weight is 782 g/mol. The number of methoxy groups -OCH3 is 2. The fourth-order valence-electron chi connectivity index (χ4n) is 6.66. The van der Waals surface area contributed by atoms with Gasteiger partial charge in [-0.1, -0.05) is 69.3 Å². The van der Waals surface area contributed by atoms with Crippen LogP contribution in [0.25, 0.3) is 43.5 Å². The Kier molecular flexibility index (Phi) is 12.8. The van der Waals surface area contributed by atoms with Gasteiger partial charge in [0.05, 0.1) is 55.5 Å². The highest BCUT2D eigenvalue weighted by atomic mass is 32.1. The van der Waals surface area contributed by atoms with Gasteiger partial charge in [-0.15, -0.1) is 11.3 Å². The smallest absolute Gasteiger partial charge is 0.407 e. The second-order valence-electron chi connectivity index (χ2n) is 13.8. The molecule has 1 saturated heterocycles. The predicted molar refractivity (Wildman–Crippen MR) is 212 cm³/mol. The Morgan fingerprint density at radius 3 is 2.18 bits per heavy atom. The van der Waals surface area contributed by atoms with Gasteiger partial charge in [-0.2, -0.15) is 0 Å². The molecular weight excluding hydrogens is 735 g/mol. The van der Waals surface area contributed by atoms with Gasteiger partial charge in [0.15, 0.2) is 0 Å². The predicted octanol–water partition coefficient (Wildman–Crippen LogP) is 6.40. The van der Waals surface area contributed by atoms with Gasteiger partial charge in [0.2, 0.25) is 11.8 Å². The number of likely N-dealkylation sites (tertiary alicyclic amines) is 1. The van der Waals surface area contributed by atoms with Gasteiger partial charge in [0.25, 0.3) is 0 Å². The lowest BCUT2D eigenvalue weighted by Crippen LogP contribution is -2.51. The molecule has 4 heterocycles. The van der Waals surface area contributed by atoms with Crippen LogP contribution in [0.5, 0.6) is 0 Å². The third-order valence-electron chi connectivity index (χ3n) is 9.65. The van der Waals surface area contributed by atoms with E-state index >= 15 is 0 Å². The van der Waals surface area contributed by atoms with Crippen LogP contribution in [0.2, 0.25) is 0 Å². The Morgan fingerprint density at radius 2 is 1.52 bits per heavy atom. The molecule has 3 aromatic heterocycles. The molecule has 1 aliphatic rings. The van der Waals surface area contributed by atoms with Gasteiger partial charge in [-0.25, -0.2) is 24.5 Å². The largest absolute Gasteiger partial charge is 0.453 e. The molecule has 0 radical (unpaired) electrons. The zero-order valence-corrected chi connectivity index (χ0v) is 32.9. The Morgan fingerprint density at radius 1 is 0.875 bits per heavy atom. The topological polar surface area (TPSA) is 188 Å². The molecule has 1 fully saturated rings. The minimum absolute atomic E-state index is 0.106. The van der Waals surface area contributed by atoms with E-state index in [9.17, 15) is 19.2 Å². The van der Waals surface area contributed by atoms with Crippen molar-refractivity contribution in [1.29, 1.82) is 0 Å². The van der Waals surface area contributed by atoms with Crippen molar-refractivity contribution >= 4 is 35.3 Å². The standard InChI is InChI=1S/C40H47N9O6S/c1-6-17-48(34(50)22-44-39(52)54-4)23-33-41-19-29(45-33)25-11-15-28(16-12-25)37-43-21-32(56-37)27-13-9-26(10-14-27)30-20-42-36(46-30)31-8-7-18-49(31)38(51)35(24(2)3)47-40(53)55-5/h9-16,19-21,24,31,35H,6-8,17-18,22-23H2,1-5H3,(H,41,45)(H,42,46)(H,44,52)(H,47,53)/t31-,35?/m0/s1. The first-order valence-electron chi connectivity index (χ1n) is 18.6. The second-order valence-corrected chi connectivity index (χ2v) is 14.8. The van der Waals surface area contributed by atoms with E-state index in [4.69, 9.17) is 9.72 Å². The Labute approximate surface area is 329 Å². The summed E-state index contributed by atoms with van der Waals surface area (Å²) in [5.74, 6) is 0.896. The number of ether oxygens (including phenoxy) is 2. The molecule has 2 atom stereocenters. The summed E-state index contributed by atoms with van der Waals surface area (Å²) in [6.45, 7) is 7.04. The van der Waals surface area contributed by atoms with Crippen molar-refractivity contribution in [3.05, 3.63) is 78.8 Å². The number of amides is 4. The summed E-state index contributed by atoms with van der Waals surface area (Å²) in [4.78, 5) is 74.7. The van der Waals surface area contributed by atoms with Crippen LogP contribution in [0.3, 0.4) is 0 Å². The monoisotopic (exact) mass is 781 g/mol. The maximum absolute atomic E-state index is 13.5. The lowest BCUT2D eigenvalue weighted by atomic mass is 10.0. The molecule has 1 aliphatic heterocycles. The zero-order valence-electron chi connectivity index (χ0n) is 32.1. The van der Waals surface area contributed by atoms with E-state index in [1.807, 2.05) is 63.4 Å². The van der Waals surface area contributed by atoms with Gasteiger partial charge in [0.1, 0.15) is 29.2 Å². The van der Waals surface area contributed by atoms with Crippen LogP contribution in [0.1, 0.15) is 57.7 Å². The molecule has 4 N–H and O–H groups in total. The van der Waals surface area contributed by atoms with Crippen molar-refractivity contribution in [3.63, 3.8) is 0 Å². The quantitative estimate of drug-likeness (QED) is 0.0990. The van der Waals surface area contributed by atoms with Crippen LogP contribution < -0.4 is 10.6 Å². The third-order valence-corrected chi connectivity index (χ3v) is 10.7. The van der Waals surface area contributed by atoms with Crippen molar-refractivity contribution in [3.8, 4) is 43.5 Å². The molecule has 5 aromatic rings. The molecule has 0 saturated carbocycles. The van der Waals surface area contributed by atoms with E-state index in [1.165, 1.54) is 14.2 Å². The minimum atomic E-state index is -0.689. The summed E-state index contributed by atoms with van der Waals surface area (Å²) in [6, 6.07) is 15.4. The number of nitrogens with one attached hydrogen (secondary N) is 4. The molecule has 294 valence electrons. The van der Waals surface area contributed by atoms with Crippen molar-refractivity contribution in [2.45, 2.75) is 58.7 Å². The van der Waals surface area contributed by atoms with Crippen LogP contribution in [-0.2, 0) is 25.6 Å². The molecule has 4 amide bonds. The maximum Gasteiger partial charge on any atom is 0.407 e. The number of alkyl carbamates (subject to hydrolysis) is 2. The van der Waals surface area contributed by atoms with Crippen LogP contribution in [-0.4, -0.2) is 98.6 Å². The second kappa shape index (κ2) is 18.1. The summed E-state index contributed by atoms with van der Waals surface area (Å²) in [6.07, 6.45) is 6.54. The molecule has 16 heteroatoms. The zero-order chi connectivity index (χ0) is 39.8. The number of rotatable bonds is 14. The van der Waals surface area contributed by atoms with Crippen molar-refractivity contribution in [2.75, 3.05) is 33.9 Å². The number of imidazole rings is 2. The Hall–Kier alpha value is -6.03. The number of hydrogen-bond donors (Lipinski definition) is 4. The number of benzene rings is 2. The molecular formula is C40H47N9O6S. The number of aromatic nitrogens is 5. The first-order valence-corrected chi connectivity index (χ1v) is 19.4. The van der Waals surface area contributed by atoms with E-state index in [-0.39, 0.29) is 30.3 Å². The molecule has 1 unspecified atom stereocenters. The number of hydrogen-bond acceptors (Lipinski definition) is 10. The van der Waals surface area contributed by atoms with E-state index in [0.29, 0.717) is 25.5 Å². The van der Waals surface area contributed by atoms with E-state index < -0.39 is 18.2 Å². The van der Waals surface area contributed by atoms with Crippen molar-refractivity contribution in [1.82, 2.24) is 45.4 Å². The van der Waals surface area contributed by atoms with Crippen LogP contribution >= 0.6 is 11.3 Å². The molecule has 6 rings (SSSR count). The number of thiazole rings is 1. The molecule has 2 aromatic carbocycles. The highest BCUT2D eigenvalue weighted by Crippen LogP contribution is 2.35. The van der Waals surface area contributed by atoms with E-state index in [2.05, 4.69) is 47.4 Å². The highest BCUT2D eigenvalue weighted by Gasteiger charge is 2.37. The Balaban J connectivity index is 1.08. The molecule has 0 bridgehead atoms. The first-order chi connectivity index (χ1) is 27.1. The molecule has 0 aliphatic carbocycles. The van der Waals surface area contributed by atoms with Gasteiger partial charge in [-0.3, -0.25) is 9.59 Å². The molecule has 15 nitrogen and oxygen atoms in total. The van der Waals surface area contributed by atoms with E-state index in [1.54, 1.807) is 33.5 Å². The van der Waals surface area contributed by atoms with E-state index in [0.717, 1.165) is 68.6 Å². The first kappa shape index (κ1) is 39.7. The van der Waals surface area contributed by atoms with Gasteiger partial charge in [0, 0.05) is 24.8 Å². The normalized spacial score (nSPS) is 14.4. The minimum Gasteiger partial charge on any atom is -0.453 e. The van der Waals surface area contributed by atoms with Gasteiger partial charge >= 0.3 is 12.2 Å². The lowest BCUT2D eigenvalue weighted by molar-refractivity contribution is -0.135. The van der Waals surface area contributed by atoms with Crippen LogP contribution in [0, 0.1) is 5.92 Å². The third kappa shape index (κ3) is 9.25. The number of nitrogens with zero attached hydrogens (tertiary/aromatic N) is 5. The van der Waals surface area contributed by atoms with Crippen molar-refractivity contribution < 1.29 is 28.7 Å². The number of H-pyrrole nitrogens is 2. The van der Waals surface area contributed by atoms with Crippen LogP contribution in [0.15, 0.2) is 67.1 Å². The number of aromatic amines is 2. The number of carbonyl (C=O) groups is 4. The highest BCUT2D eigenvalue weighted by molar-refractivity contribution is 7.18. The number of carbonyl (C=O) groups excluding carboxylic acids is 4. The van der Waals surface area contributed by atoms with Gasteiger partial charge < -0.3 is 39.9 Å². The summed E-state index contributed by atoms with van der Waals surface area (Å²) < 4.78 is 9.31. The fraction of sp³-hybridized carbons (Fsp3) is 0.375. The summed E-state index contributed by atoms with van der Waals surface area (Å²) in [7, 11) is 2.54. The van der Waals surface area contributed by atoms with Crippen molar-refractivity contribution in [2.24, 2.45) is 5.92 Å². The summed E-state index contributed by atoms with van der Waals surface area (Å²) in [5.41, 5.74) is 5.64. The summed E-state index contributed by atoms with van der Waals surface area (Å²) >= 11 is 1.61. The van der Waals surface area contributed by atoms with Gasteiger partial charge in [-0.05, 0) is 41.9 Å². The van der Waals surface area contributed by atoms with Crippen LogP contribution in [0.4, 0.5) is 9.59 Å². The average Bonchev–Trinajstić information content (AvgIpc) is 4.06. The fourth-order valence-corrected chi connectivity index (χ4v) is 7.58. The maximum atomic E-state index is 13.5. The lowest BCUT2D eigenvalue weighted by Gasteiger charge is -2.30. The SMILES string of the molecule is CCCN(Cc1ncc(-c2ccc(-c3ncc(-c4ccc(-c5cnc([C@@H]6CCCN6C(=O)C(NC(=O)OC)C(C)C)[nH]5)cc4)s3)cc2)[nH]1)C(=O)CNC(=O)OC. The summed E-state index contributed by atoms with van der Waals surface area (Å²) in [5, 5.41) is 6.02. The molecule has 56 heavy (non-hydrogen) atoms. The molecule has 0 spiro atoms. The Bertz CT molecular complexity index is 2130.